The van der Waals surface area contributed by atoms with Gasteiger partial charge in [-0.05, 0) is 24.6 Å². The number of benzene rings is 2. The Morgan fingerprint density at radius 1 is 1.08 bits per heavy atom. The lowest BCUT2D eigenvalue weighted by Crippen LogP contribution is -2.15. The molecule has 138 valence electrons. The van der Waals surface area contributed by atoms with Gasteiger partial charge in [0.05, 0.1) is 24.2 Å². The van der Waals surface area contributed by atoms with Crippen LogP contribution in [0.5, 0.6) is 0 Å². The molecular formula is C21H24O4S. The molecule has 4 nitrogen and oxygen atoms in total. The smallest absolute Gasteiger partial charge is 0.296 e. The second kappa shape index (κ2) is 10.1. The minimum atomic E-state index is -3.76. The van der Waals surface area contributed by atoms with Crippen molar-refractivity contribution in [3.63, 3.8) is 0 Å². The normalized spacial score (nSPS) is 13.0. The number of aryl methyl sites for hydroxylation is 1. The average Bonchev–Trinajstić information content (AvgIpc) is 2.64. The molecule has 5 heteroatoms. The van der Waals surface area contributed by atoms with Crippen molar-refractivity contribution < 1.29 is 17.3 Å². The van der Waals surface area contributed by atoms with E-state index in [1.165, 1.54) is 0 Å². The standard InChI is InChI=1S/C21H24O4S/c1-3-4-10-20(24-17-19-8-6-5-7-9-19)15-16-25-26(22,23)21-13-11-18(2)12-14-21/h3-14,20H,1,15-17H2,2H3/b10-4+/t20-/m0/s1. The predicted molar refractivity (Wildman–Crippen MR) is 103 cm³/mol. The molecule has 0 radical (unpaired) electrons. The SMILES string of the molecule is C=C/C=C/[C@@H](CCOS(=O)(=O)c1ccc(C)cc1)OCc1ccccc1. The summed E-state index contributed by atoms with van der Waals surface area (Å²) in [5.74, 6) is 0. The van der Waals surface area contributed by atoms with Crippen LogP contribution in [0.1, 0.15) is 17.5 Å². The summed E-state index contributed by atoms with van der Waals surface area (Å²) in [6, 6.07) is 16.4. The van der Waals surface area contributed by atoms with Gasteiger partial charge in [-0.2, -0.15) is 8.42 Å². The van der Waals surface area contributed by atoms with E-state index in [4.69, 9.17) is 8.92 Å². The summed E-state index contributed by atoms with van der Waals surface area (Å²) in [6.45, 7) is 6.03. The maximum absolute atomic E-state index is 12.2. The van der Waals surface area contributed by atoms with Crippen molar-refractivity contribution in [2.24, 2.45) is 0 Å². The van der Waals surface area contributed by atoms with E-state index >= 15 is 0 Å². The van der Waals surface area contributed by atoms with Crippen molar-refractivity contribution in [3.8, 4) is 0 Å². The van der Waals surface area contributed by atoms with Crippen molar-refractivity contribution in [1.82, 2.24) is 0 Å². The van der Waals surface area contributed by atoms with Crippen LogP contribution in [0.15, 0.2) is 84.3 Å². The first kappa shape index (κ1) is 20.1. The lowest BCUT2D eigenvalue weighted by Gasteiger charge is -2.14. The van der Waals surface area contributed by atoms with E-state index in [2.05, 4.69) is 6.58 Å². The highest BCUT2D eigenvalue weighted by Crippen LogP contribution is 2.15. The Morgan fingerprint density at radius 3 is 2.42 bits per heavy atom. The van der Waals surface area contributed by atoms with E-state index in [0.29, 0.717) is 13.0 Å². The van der Waals surface area contributed by atoms with E-state index in [0.717, 1.165) is 11.1 Å². The molecule has 0 fully saturated rings. The van der Waals surface area contributed by atoms with Crippen LogP contribution in [0.4, 0.5) is 0 Å². The molecule has 2 aromatic carbocycles. The Hall–Kier alpha value is -2.21. The van der Waals surface area contributed by atoms with Crippen molar-refractivity contribution >= 4 is 10.1 Å². The summed E-state index contributed by atoms with van der Waals surface area (Å²) in [6.07, 6.45) is 5.44. The Bertz CT molecular complexity index is 809. The van der Waals surface area contributed by atoms with Crippen molar-refractivity contribution in [1.29, 1.82) is 0 Å². The fourth-order valence-corrected chi connectivity index (χ4v) is 3.18. The molecule has 0 aliphatic rings. The third kappa shape index (κ3) is 6.59. The second-order valence-electron chi connectivity index (χ2n) is 5.83. The first-order valence-electron chi connectivity index (χ1n) is 8.42. The summed E-state index contributed by atoms with van der Waals surface area (Å²) in [5.41, 5.74) is 2.05. The van der Waals surface area contributed by atoms with Crippen LogP contribution in [0.3, 0.4) is 0 Å². The molecule has 0 aromatic heterocycles. The largest absolute Gasteiger partial charge is 0.369 e. The van der Waals surface area contributed by atoms with Gasteiger partial charge in [-0.1, -0.05) is 72.8 Å². The molecule has 0 heterocycles. The molecule has 0 unspecified atom stereocenters. The van der Waals surface area contributed by atoms with Crippen LogP contribution in [-0.4, -0.2) is 21.1 Å². The quantitative estimate of drug-likeness (QED) is 0.458. The molecule has 2 rings (SSSR count). The van der Waals surface area contributed by atoms with E-state index < -0.39 is 10.1 Å². The van der Waals surface area contributed by atoms with Gasteiger partial charge in [-0.15, -0.1) is 0 Å². The molecule has 0 N–H and O–H groups in total. The van der Waals surface area contributed by atoms with E-state index in [9.17, 15) is 8.42 Å². The maximum Gasteiger partial charge on any atom is 0.296 e. The third-order valence-electron chi connectivity index (χ3n) is 3.72. The summed E-state index contributed by atoms with van der Waals surface area (Å²) in [7, 11) is -3.76. The Kier molecular flexibility index (Phi) is 7.78. The molecule has 0 aliphatic carbocycles. The molecule has 0 spiro atoms. The highest BCUT2D eigenvalue weighted by Gasteiger charge is 2.16. The zero-order chi connectivity index (χ0) is 18.8. The predicted octanol–water partition coefficient (Wildman–Crippen LogP) is 4.42. The topological polar surface area (TPSA) is 52.6 Å². The van der Waals surface area contributed by atoms with Gasteiger partial charge in [-0.25, -0.2) is 0 Å². The van der Waals surface area contributed by atoms with Crippen molar-refractivity contribution in [2.75, 3.05) is 6.61 Å². The monoisotopic (exact) mass is 372 g/mol. The van der Waals surface area contributed by atoms with Crippen LogP contribution in [0, 0.1) is 6.92 Å². The van der Waals surface area contributed by atoms with Gasteiger partial charge in [0.1, 0.15) is 0 Å². The summed E-state index contributed by atoms with van der Waals surface area (Å²) < 4.78 is 35.4. The zero-order valence-corrected chi connectivity index (χ0v) is 15.7. The Balaban J connectivity index is 1.90. The van der Waals surface area contributed by atoms with Crippen LogP contribution >= 0.6 is 0 Å². The van der Waals surface area contributed by atoms with E-state index in [1.54, 1.807) is 36.4 Å². The van der Waals surface area contributed by atoms with Gasteiger partial charge in [0.2, 0.25) is 0 Å². The van der Waals surface area contributed by atoms with Crippen LogP contribution in [0.2, 0.25) is 0 Å². The molecule has 0 saturated heterocycles. The maximum atomic E-state index is 12.2. The van der Waals surface area contributed by atoms with Crippen molar-refractivity contribution in [3.05, 3.63) is 90.5 Å². The number of hydrogen-bond donors (Lipinski definition) is 0. The molecular weight excluding hydrogens is 348 g/mol. The molecule has 0 saturated carbocycles. The number of hydrogen-bond acceptors (Lipinski definition) is 4. The Labute approximate surface area is 155 Å². The van der Waals surface area contributed by atoms with Crippen LogP contribution in [-0.2, 0) is 25.6 Å². The summed E-state index contributed by atoms with van der Waals surface area (Å²) >= 11 is 0. The van der Waals surface area contributed by atoms with Gasteiger partial charge in [0.15, 0.2) is 0 Å². The summed E-state index contributed by atoms with van der Waals surface area (Å²) in [4.78, 5) is 0.159. The minimum absolute atomic E-state index is 0.0388. The fourth-order valence-electron chi connectivity index (χ4n) is 2.26. The molecule has 0 bridgehead atoms. The molecule has 0 amide bonds. The lowest BCUT2D eigenvalue weighted by molar-refractivity contribution is 0.0575. The number of rotatable bonds is 10. The third-order valence-corrected chi connectivity index (χ3v) is 5.05. The first-order valence-corrected chi connectivity index (χ1v) is 9.83. The molecule has 2 aromatic rings. The lowest BCUT2D eigenvalue weighted by atomic mass is 10.2. The fraction of sp³-hybridized carbons (Fsp3) is 0.238. The first-order chi connectivity index (χ1) is 12.5. The molecule has 0 aliphatic heterocycles. The molecule has 1 atom stereocenters. The highest BCUT2D eigenvalue weighted by molar-refractivity contribution is 7.86. The average molecular weight is 372 g/mol. The van der Waals surface area contributed by atoms with E-state index in [1.807, 2.05) is 43.3 Å². The molecule has 26 heavy (non-hydrogen) atoms. The van der Waals surface area contributed by atoms with Crippen molar-refractivity contribution in [2.45, 2.75) is 31.0 Å². The van der Waals surface area contributed by atoms with Gasteiger partial charge in [0.25, 0.3) is 10.1 Å². The Morgan fingerprint density at radius 2 is 1.77 bits per heavy atom. The minimum Gasteiger partial charge on any atom is -0.369 e. The van der Waals surface area contributed by atoms with Gasteiger partial charge < -0.3 is 4.74 Å². The summed E-state index contributed by atoms with van der Waals surface area (Å²) in [5, 5.41) is 0. The van der Waals surface area contributed by atoms with Crippen LogP contribution in [0.25, 0.3) is 0 Å². The second-order valence-corrected chi connectivity index (χ2v) is 7.45. The highest BCUT2D eigenvalue weighted by atomic mass is 32.2. The van der Waals surface area contributed by atoms with Gasteiger partial charge in [0, 0.05) is 6.42 Å². The van der Waals surface area contributed by atoms with Gasteiger partial charge in [-0.3, -0.25) is 4.18 Å². The number of allylic oxidation sites excluding steroid dienone is 2. The number of ether oxygens (including phenoxy) is 1. The van der Waals surface area contributed by atoms with Gasteiger partial charge >= 0.3 is 0 Å². The van der Waals surface area contributed by atoms with E-state index in [-0.39, 0.29) is 17.6 Å². The zero-order valence-electron chi connectivity index (χ0n) is 14.9. The van der Waals surface area contributed by atoms with Crippen LogP contribution < -0.4 is 0 Å².